The van der Waals surface area contributed by atoms with E-state index < -0.39 is 14.9 Å². The van der Waals surface area contributed by atoms with Crippen molar-refractivity contribution in [3.8, 4) is 0 Å². The van der Waals surface area contributed by atoms with Gasteiger partial charge in [-0.15, -0.1) is 0 Å². The molecule has 1 aromatic carbocycles. The first-order valence-corrected chi connectivity index (χ1v) is 6.48. The van der Waals surface area contributed by atoms with Crippen molar-refractivity contribution in [1.82, 2.24) is 0 Å². The van der Waals surface area contributed by atoms with E-state index in [1.165, 1.54) is 0 Å². The summed E-state index contributed by atoms with van der Waals surface area (Å²) in [5.74, 6) is -0.646. The highest BCUT2D eigenvalue weighted by Crippen LogP contribution is 2.29. The topological polar surface area (TPSA) is 34.1 Å². The third-order valence-corrected chi connectivity index (χ3v) is 3.58. The molecule has 78 valence electrons. The Kier molecular flexibility index (Phi) is 3.40. The highest BCUT2D eigenvalue weighted by Gasteiger charge is 2.18. The highest BCUT2D eigenvalue weighted by atomic mass is 35.7. The fraction of sp³-hybridized carbons (Fsp3) is 0.250. The van der Waals surface area contributed by atoms with Crippen LogP contribution in [0.4, 0.5) is 4.39 Å². The number of rotatable bonds is 2. The van der Waals surface area contributed by atoms with E-state index in [1.807, 2.05) is 0 Å². The number of benzene rings is 1. The van der Waals surface area contributed by atoms with Gasteiger partial charge in [-0.3, -0.25) is 0 Å². The van der Waals surface area contributed by atoms with Crippen molar-refractivity contribution in [3.05, 3.63) is 28.5 Å². The second-order valence-electron chi connectivity index (χ2n) is 2.63. The molecule has 1 rings (SSSR count). The average molecular weight is 257 g/mol. The van der Waals surface area contributed by atoms with Gasteiger partial charge in [0.05, 0.1) is 9.92 Å². The number of hydrogen-bond acceptors (Lipinski definition) is 2. The van der Waals surface area contributed by atoms with Crippen LogP contribution in [0.15, 0.2) is 17.0 Å². The second kappa shape index (κ2) is 4.04. The Morgan fingerprint density at radius 1 is 1.43 bits per heavy atom. The van der Waals surface area contributed by atoms with Gasteiger partial charge in [0.1, 0.15) is 5.82 Å². The van der Waals surface area contributed by atoms with Gasteiger partial charge in [-0.2, -0.15) is 0 Å². The molecule has 0 aliphatic heterocycles. The maximum Gasteiger partial charge on any atom is 0.261 e. The summed E-state index contributed by atoms with van der Waals surface area (Å²) in [4.78, 5) is -0.131. The summed E-state index contributed by atoms with van der Waals surface area (Å²) in [6, 6.07) is 2.10. The monoisotopic (exact) mass is 256 g/mol. The fourth-order valence-electron chi connectivity index (χ4n) is 1.13. The first-order valence-electron chi connectivity index (χ1n) is 3.79. The van der Waals surface area contributed by atoms with Crippen molar-refractivity contribution in [2.75, 3.05) is 0 Å². The molecule has 0 saturated carbocycles. The molecule has 0 aliphatic carbocycles. The standard InChI is InChI=1S/C8H7Cl2FO2S/c1-2-5-7(14(10,12)13)4-3-6(11)8(5)9/h3-4H,2H2,1H3. The minimum atomic E-state index is -3.86. The quantitative estimate of drug-likeness (QED) is 0.763. The Morgan fingerprint density at radius 3 is 2.43 bits per heavy atom. The molecule has 14 heavy (non-hydrogen) atoms. The van der Waals surface area contributed by atoms with Crippen LogP contribution in [0.5, 0.6) is 0 Å². The molecule has 0 bridgehead atoms. The lowest BCUT2D eigenvalue weighted by molar-refractivity contribution is 0.605. The van der Waals surface area contributed by atoms with Crippen LogP contribution in [0.1, 0.15) is 12.5 Å². The normalized spacial score (nSPS) is 11.7. The molecule has 0 radical (unpaired) electrons. The summed E-state index contributed by atoms with van der Waals surface area (Å²) < 4.78 is 35.1. The molecular weight excluding hydrogens is 250 g/mol. The van der Waals surface area contributed by atoms with Crippen LogP contribution in [0.2, 0.25) is 5.02 Å². The summed E-state index contributed by atoms with van der Waals surface area (Å²) in [6.07, 6.45) is 0.303. The Morgan fingerprint density at radius 2 is 2.00 bits per heavy atom. The SMILES string of the molecule is CCc1c(S(=O)(=O)Cl)ccc(F)c1Cl. The van der Waals surface area contributed by atoms with Crippen molar-refractivity contribution in [2.45, 2.75) is 18.2 Å². The third kappa shape index (κ3) is 2.19. The minimum Gasteiger partial charge on any atom is -0.207 e. The Labute approximate surface area is 91.1 Å². The van der Waals surface area contributed by atoms with Gasteiger partial charge in [-0.05, 0) is 24.1 Å². The highest BCUT2D eigenvalue weighted by molar-refractivity contribution is 8.13. The minimum absolute atomic E-state index is 0.131. The van der Waals surface area contributed by atoms with Gasteiger partial charge in [0, 0.05) is 10.7 Å². The molecular formula is C8H7Cl2FO2S. The van der Waals surface area contributed by atoms with Gasteiger partial charge in [0.15, 0.2) is 0 Å². The first-order chi connectivity index (χ1) is 6.38. The van der Waals surface area contributed by atoms with Crippen LogP contribution in [0, 0.1) is 5.82 Å². The molecule has 0 aromatic heterocycles. The van der Waals surface area contributed by atoms with Crippen molar-refractivity contribution in [3.63, 3.8) is 0 Å². The molecule has 0 atom stereocenters. The zero-order valence-corrected chi connectivity index (χ0v) is 9.55. The summed E-state index contributed by atoms with van der Waals surface area (Å²) in [7, 11) is 1.29. The number of halogens is 3. The lowest BCUT2D eigenvalue weighted by atomic mass is 10.2. The summed E-state index contributed by atoms with van der Waals surface area (Å²) >= 11 is 5.61. The van der Waals surface area contributed by atoms with Gasteiger partial charge in [-0.1, -0.05) is 18.5 Å². The van der Waals surface area contributed by atoms with Crippen LogP contribution in [0.3, 0.4) is 0 Å². The van der Waals surface area contributed by atoms with E-state index in [2.05, 4.69) is 0 Å². The van der Waals surface area contributed by atoms with Crippen LogP contribution < -0.4 is 0 Å². The van der Waals surface area contributed by atoms with Gasteiger partial charge in [0.2, 0.25) is 0 Å². The smallest absolute Gasteiger partial charge is 0.207 e. The van der Waals surface area contributed by atoms with Crippen LogP contribution in [0.25, 0.3) is 0 Å². The number of hydrogen-bond donors (Lipinski definition) is 0. The van der Waals surface area contributed by atoms with E-state index in [1.54, 1.807) is 6.92 Å². The fourth-order valence-corrected chi connectivity index (χ4v) is 2.69. The van der Waals surface area contributed by atoms with E-state index in [-0.39, 0.29) is 15.5 Å². The van der Waals surface area contributed by atoms with E-state index >= 15 is 0 Å². The summed E-state index contributed by atoms with van der Waals surface area (Å²) in [6.45, 7) is 1.67. The van der Waals surface area contributed by atoms with Gasteiger partial charge in [-0.25, -0.2) is 12.8 Å². The average Bonchev–Trinajstić information content (AvgIpc) is 2.07. The zero-order valence-electron chi connectivity index (χ0n) is 7.22. The third-order valence-electron chi connectivity index (χ3n) is 1.77. The summed E-state index contributed by atoms with van der Waals surface area (Å²) in [5, 5.41) is -0.186. The van der Waals surface area contributed by atoms with Crippen LogP contribution in [-0.4, -0.2) is 8.42 Å². The predicted molar refractivity (Wildman–Crippen MR) is 53.8 cm³/mol. The molecule has 1 aromatic rings. The first kappa shape index (κ1) is 11.8. The van der Waals surface area contributed by atoms with Gasteiger partial charge >= 0.3 is 0 Å². The summed E-state index contributed by atoms with van der Waals surface area (Å²) in [5.41, 5.74) is 0.210. The van der Waals surface area contributed by atoms with Gasteiger partial charge in [0.25, 0.3) is 9.05 Å². The molecule has 6 heteroatoms. The molecule has 0 heterocycles. The predicted octanol–water partition coefficient (Wildman–Crippen LogP) is 2.97. The molecule has 0 unspecified atom stereocenters. The molecule has 0 spiro atoms. The van der Waals surface area contributed by atoms with E-state index in [4.69, 9.17) is 22.3 Å². The largest absolute Gasteiger partial charge is 0.261 e. The zero-order chi connectivity index (χ0) is 10.9. The van der Waals surface area contributed by atoms with Crippen molar-refractivity contribution < 1.29 is 12.8 Å². The van der Waals surface area contributed by atoms with Crippen molar-refractivity contribution in [2.24, 2.45) is 0 Å². The van der Waals surface area contributed by atoms with Crippen molar-refractivity contribution in [1.29, 1.82) is 0 Å². The lowest BCUT2D eigenvalue weighted by Gasteiger charge is -2.06. The van der Waals surface area contributed by atoms with E-state index in [0.29, 0.717) is 6.42 Å². The molecule has 0 amide bonds. The lowest BCUT2D eigenvalue weighted by Crippen LogP contribution is -1.99. The molecule has 0 fully saturated rings. The molecule has 0 aliphatic rings. The second-order valence-corrected chi connectivity index (χ2v) is 5.54. The van der Waals surface area contributed by atoms with E-state index in [9.17, 15) is 12.8 Å². The van der Waals surface area contributed by atoms with Crippen molar-refractivity contribution >= 4 is 31.3 Å². The Balaban J connectivity index is 3.55. The van der Waals surface area contributed by atoms with Gasteiger partial charge < -0.3 is 0 Å². The van der Waals surface area contributed by atoms with Crippen LogP contribution >= 0.6 is 22.3 Å². The van der Waals surface area contributed by atoms with E-state index in [0.717, 1.165) is 12.1 Å². The Hall–Kier alpha value is -0.320. The molecule has 0 N–H and O–H groups in total. The maximum atomic E-state index is 13.0. The maximum absolute atomic E-state index is 13.0. The Bertz CT molecular complexity index is 457. The molecule has 2 nitrogen and oxygen atoms in total. The van der Waals surface area contributed by atoms with Crippen LogP contribution in [-0.2, 0) is 15.5 Å². The molecule has 0 saturated heterocycles.